The molecular formula is C25H21NO5S2. The van der Waals surface area contributed by atoms with Crippen LogP contribution in [0, 0.1) is 0 Å². The number of hydrogen-bond donors (Lipinski definition) is 1. The lowest BCUT2D eigenvalue weighted by Crippen LogP contribution is -2.12. The van der Waals surface area contributed by atoms with Gasteiger partial charge in [0.1, 0.15) is 27.9 Å². The lowest BCUT2D eigenvalue weighted by Gasteiger charge is -2.04. The smallest absolute Gasteiger partial charge is 0.344 e. The molecule has 168 valence electrons. The summed E-state index contributed by atoms with van der Waals surface area (Å²) in [5.74, 6) is 0.443. The van der Waals surface area contributed by atoms with Crippen LogP contribution in [0.1, 0.15) is 12.7 Å². The van der Waals surface area contributed by atoms with Crippen molar-refractivity contribution in [2.75, 3.05) is 13.7 Å². The Kier molecular flexibility index (Phi) is 7.26. The third-order valence-corrected chi connectivity index (χ3v) is 6.46. The number of aliphatic hydroxyl groups excluding tert-OH is 1. The van der Waals surface area contributed by atoms with E-state index in [1.807, 2.05) is 42.5 Å². The molecule has 1 aliphatic heterocycles. The number of carbonyl (C=O) groups excluding carboxylic acids is 1. The summed E-state index contributed by atoms with van der Waals surface area (Å²) in [7, 11) is 1.59. The zero-order valence-electron chi connectivity index (χ0n) is 18.0. The lowest BCUT2D eigenvalue weighted by atomic mass is 10.2. The van der Waals surface area contributed by atoms with Gasteiger partial charge in [0.15, 0.2) is 5.09 Å². The van der Waals surface area contributed by atoms with E-state index in [2.05, 4.69) is 4.99 Å². The molecule has 0 atom stereocenters. The van der Waals surface area contributed by atoms with E-state index in [1.165, 1.54) is 23.5 Å². The molecule has 2 heterocycles. The zero-order valence-corrected chi connectivity index (χ0v) is 19.6. The molecule has 0 spiro atoms. The fraction of sp³-hybridized carbons (Fsp3) is 0.120. The highest BCUT2D eigenvalue weighted by Crippen LogP contribution is 2.41. The van der Waals surface area contributed by atoms with Crippen LogP contribution < -0.4 is 4.74 Å². The number of ether oxygens (including phenoxy) is 2. The Labute approximate surface area is 200 Å². The number of carbonyl (C=O) groups is 1. The second kappa shape index (κ2) is 10.5. The Hall–Kier alpha value is -3.36. The van der Waals surface area contributed by atoms with Gasteiger partial charge in [-0.3, -0.25) is 0 Å². The molecule has 3 aromatic rings. The van der Waals surface area contributed by atoms with Crippen molar-refractivity contribution in [1.82, 2.24) is 0 Å². The van der Waals surface area contributed by atoms with Crippen LogP contribution in [-0.4, -0.2) is 29.8 Å². The average molecular weight is 480 g/mol. The van der Waals surface area contributed by atoms with E-state index < -0.39 is 5.97 Å². The third-order valence-electron chi connectivity index (χ3n) is 4.51. The van der Waals surface area contributed by atoms with Gasteiger partial charge in [-0.15, -0.1) is 0 Å². The Balaban J connectivity index is 1.62. The van der Waals surface area contributed by atoms with Crippen LogP contribution in [0.5, 0.6) is 5.75 Å². The van der Waals surface area contributed by atoms with Crippen molar-refractivity contribution in [3.8, 4) is 5.75 Å². The van der Waals surface area contributed by atoms with Gasteiger partial charge >= 0.3 is 5.97 Å². The van der Waals surface area contributed by atoms with Gasteiger partial charge in [-0.2, -0.15) is 0 Å². The number of esters is 1. The summed E-state index contributed by atoms with van der Waals surface area (Å²) in [6, 6.07) is 20.7. The van der Waals surface area contributed by atoms with E-state index in [0.717, 1.165) is 9.99 Å². The van der Waals surface area contributed by atoms with Crippen LogP contribution >= 0.6 is 23.5 Å². The number of rotatable bonds is 7. The molecule has 0 amide bonds. The Morgan fingerprint density at radius 1 is 1.12 bits per heavy atom. The first-order valence-corrected chi connectivity index (χ1v) is 11.8. The summed E-state index contributed by atoms with van der Waals surface area (Å²) in [4.78, 5) is 18.6. The van der Waals surface area contributed by atoms with Crippen molar-refractivity contribution in [2.24, 2.45) is 4.99 Å². The van der Waals surface area contributed by atoms with Crippen molar-refractivity contribution >= 4 is 46.3 Å². The summed E-state index contributed by atoms with van der Waals surface area (Å²) >= 11 is 2.68. The molecule has 1 N–H and O–H groups in total. The number of furan rings is 1. The highest BCUT2D eigenvalue weighted by atomic mass is 32.2. The summed E-state index contributed by atoms with van der Waals surface area (Å²) in [5.41, 5.74) is 0.656. The van der Waals surface area contributed by atoms with Crippen molar-refractivity contribution < 1.29 is 23.8 Å². The molecule has 1 aromatic heterocycles. The fourth-order valence-corrected chi connectivity index (χ4v) is 4.78. The number of benzene rings is 2. The van der Waals surface area contributed by atoms with Gasteiger partial charge in [-0.25, -0.2) is 9.79 Å². The second-order valence-corrected chi connectivity index (χ2v) is 8.85. The monoisotopic (exact) mass is 479 g/mol. The van der Waals surface area contributed by atoms with Crippen LogP contribution in [0.25, 0.3) is 6.08 Å². The maximum absolute atomic E-state index is 12.6. The molecule has 0 saturated heterocycles. The molecule has 6 nitrogen and oxygen atoms in total. The predicted octanol–water partition coefficient (Wildman–Crippen LogP) is 6.63. The lowest BCUT2D eigenvalue weighted by molar-refractivity contribution is -0.138. The molecule has 1 aliphatic rings. The van der Waals surface area contributed by atoms with E-state index >= 15 is 0 Å². The summed E-state index contributed by atoms with van der Waals surface area (Å²) in [5, 5.41) is 11.9. The third kappa shape index (κ3) is 5.53. The fourth-order valence-electron chi connectivity index (χ4n) is 2.97. The summed E-state index contributed by atoms with van der Waals surface area (Å²) < 4.78 is 16.2. The minimum absolute atomic E-state index is 0.0364. The summed E-state index contributed by atoms with van der Waals surface area (Å²) in [6.45, 7) is 1.90. The largest absolute Gasteiger partial charge is 0.506 e. The van der Waals surface area contributed by atoms with Crippen LogP contribution in [0.4, 0.5) is 5.69 Å². The van der Waals surface area contributed by atoms with Gasteiger partial charge in [0, 0.05) is 4.90 Å². The predicted molar refractivity (Wildman–Crippen MR) is 131 cm³/mol. The minimum Gasteiger partial charge on any atom is -0.506 e. The topological polar surface area (TPSA) is 81.3 Å². The van der Waals surface area contributed by atoms with Crippen LogP contribution in [0.3, 0.4) is 0 Å². The van der Waals surface area contributed by atoms with E-state index in [4.69, 9.17) is 13.9 Å². The number of thioether (sulfide) groups is 1. The van der Waals surface area contributed by atoms with Crippen molar-refractivity contribution in [2.45, 2.75) is 16.9 Å². The maximum atomic E-state index is 12.6. The second-order valence-electron chi connectivity index (χ2n) is 6.74. The highest BCUT2D eigenvalue weighted by molar-refractivity contribution is 8.18. The summed E-state index contributed by atoms with van der Waals surface area (Å²) in [6.07, 6.45) is 1.69. The standard InChI is InChI=1S/C25H21NO5S2/c1-3-30-25(28)22-23(27)20(33-24(22)26-16-9-11-17(29-2)12-10-16)15-18-13-14-21(31-18)32-19-7-5-4-6-8-19/h4-15,27H,3H2,1-2H3. The van der Waals surface area contributed by atoms with E-state index in [1.54, 1.807) is 44.4 Å². The molecule has 8 heteroatoms. The molecule has 0 radical (unpaired) electrons. The van der Waals surface area contributed by atoms with Crippen LogP contribution in [0.2, 0.25) is 0 Å². The van der Waals surface area contributed by atoms with Crippen molar-refractivity contribution in [3.63, 3.8) is 0 Å². The Morgan fingerprint density at radius 3 is 2.58 bits per heavy atom. The van der Waals surface area contributed by atoms with Crippen LogP contribution in [-0.2, 0) is 9.53 Å². The number of aliphatic imine (C=N–C) groups is 1. The normalized spacial score (nSPS) is 15.9. The molecule has 0 aliphatic carbocycles. The van der Waals surface area contributed by atoms with Gasteiger partial charge in [0.2, 0.25) is 0 Å². The maximum Gasteiger partial charge on any atom is 0.344 e. The number of methoxy groups -OCH3 is 1. The molecule has 2 aromatic carbocycles. The van der Waals surface area contributed by atoms with Gasteiger partial charge in [0.25, 0.3) is 0 Å². The first-order chi connectivity index (χ1) is 16.1. The van der Waals surface area contributed by atoms with Crippen LogP contribution in [0.15, 0.2) is 102 Å². The molecule has 33 heavy (non-hydrogen) atoms. The van der Waals surface area contributed by atoms with Gasteiger partial charge in [0.05, 0.1) is 24.3 Å². The first-order valence-electron chi connectivity index (χ1n) is 10.1. The number of hydrogen-bond acceptors (Lipinski definition) is 8. The van der Waals surface area contributed by atoms with Gasteiger partial charge < -0.3 is 19.0 Å². The highest BCUT2D eigenvalue weighted by Gasteiger charge is 2.33. The Bertz CT molecular complexity index is 1230. The molecule has 0 bridgehead atoms. The van der Waals surface area contributed by atoms with Crippen molar-refractivity contribution in [1.29, 1.82) is 0 Å². The molecule has 0 saturated carbocycles. The molecule has 0 unspecified atom stereocenters. The molecule has 0 fully saturated rings. The molecular weight excluding hydrogens is 458 g/mol. The quantitative estimate of drug-likeness (QED) is 0.381. The van der Waals surface area contributed by atoms with E-state index in [9.17, 15) is 9.90 Å². The van der Waals surface area contributed by atoms with Crippen molar-refractivity contribution in [3.05, 3.63) is 88.7 Å². The first kappa shape index (κ1) is 22.8. The molecule has 4 rings (SSSR count). The number of nitrogens with zero attached hydrogens (tertiary/aromatic N) is 1. The average Bonchev–Trinajstić information content (AvgIpc) is 3.39. The van der Waals surface area contributed by atoms with E-state index in [-0.39, 0.29) is 17.9 Å². The SMILES string of the molecule is CCOC(=O)C1=C(O)C(=Cc2ccc(Sc3ccccc3)o2)SC1=Nc1ccc(OC)cc1. The zero-order chi connectivity index (χ0) is 23.2. The van der Waals surface area contributed by atoms with Gasteiger partial charge in [-0.1, -0.05) is 41.7 Å². The Morgan fingerprint density at radius 2 is 1.88 bits per heavy atom. The minimum atomic E-state index is -0.627. The van der Waals surface area contributed by atoms with Gasteiger partial charge in [-0.05, 0) is 61.5 Å². The van der Waals surface area contributed by atoms with E-state index in [0.29, 0.717) is 27.1 Å². The number of aliphatic hydroxyl groups is 1.